The van der Waals surface area contributed by atoms with Crippen LogP contribution in [0, 0.1) is 0 Å². The van der Waals surface area contributed by atoms with Gasteiger partial charge in [-0.1, -0.05) is 62.4 Å². The smallest absolute Gasteiger partial charge is 0.290 e. The second-order valence-corrected chi connectivity index (χ2v) is 7.84. The van der Waals surface area contributed by atoms with Gasteiger partial charge in [-0.3, -0.25) is 9.59 Å². The predicted octanol–water partition coefficient (Wildman–Crippen LogP) is 3.93. The molecule has 2 aromatic carbocycles. The Morgan fingerprint density at radius 3 is 2.38 bits per heavy atom. The van der Waals surface area contributed by atoms with Crippen molar-refractivity contribution in [1.29, 1.82) is 0 Å². The van der Waals surface area contributed by atoms with Gasteiger partial charge < -0.3 is 19.6 Å². The van der Waals surface area contributed by atoms with Crippen LogP contribution in [0.5, 0.6) is 5.75 Å². The van der Waals surface area contributed by atoms with Gasteiger partial charge >= 0.3 is 0 Å². The van der Waals surface area contributed by atoms with Crippen LogP contribution >= 0.6 is 0 Å². The van der Waals surface area contributed by atoms with Crippen molar-refractivity contribution in [3.8, 4) is 5.75 Å². The van der Waals surface area contributed by atoms with Gasteiger partial charge in [0.05, 0.1) is 18.7 Å². The van der Waals surface area contributed by atoms with Crippen molar-refractivity contribution in [2.24, 2.45) is 0 Å². The Kier molecular flexibility index (Phi) is 8.06. The summed E-state index contributed by atoms with van der Waals surface area (Å²) in [4.78, 5) is 30.2. The van der Waals surface area contributed by atoms with Crippen LogP contribution in [-0.4, -0.2) is 59.9 Å². The minimum atomic E-state index is -0.669. The third kappa shape index (κ3) is 5.02. The zero-order valence-electron chi connectivity index (χ0n) is 19.1. The van der Waals surface area contributed by atoms with Crippen molar-refractivity contribution >= 4 is 11.7 Å². The lowest BCUT2D eigenvalue weighted by Crippen LogP contribution is -2.38. The lowest BCUT2D eigenvalue weighted by Gasteiger charge is -2.30. The van der Waals surface area contributed by atoms with Crippen LogP contribution in [0.25, 0.3) is 0 Å². The SMILES string of the molecule is CCN(CC)CCN1C(=O)C(O)=C(C(=O)CCc2ccccc2)C1c1ccccc1OC. The van der Waals surface area contributed by atoms with E-state index in [9.17, 15) is 14.7 Å². The van der Waals surface area contributed by atoms with Gasteiger partial charge in [0.25, 0.3) is 5.91 Å². The van der Waals surface area contributed by atoms with E-state index < -0.39 is 17.7 Å². The topological polar surface area (TPSA) is 70.1 Å². The van der Waals surface area contributed by atoms with Gasteiger partial charge in [0.1, 0.15) is 5.75 Å². The number of aliphatic hydroxyl groups is 1. The fraction of sp³-hybridized carbons (Fsp3) is 0.385. The van der Waals surface area contributed by atoms with E-state index in [0.29, 0.717) is 30.8 Å². The molecule has 0 spiro atoms. The average Bonchev–Trinajstić information content (AvgIpc) is 3.08. The van der Waals surface area contributed by atoms with Gasteiger partial charge in [-0.15, -0.1) is 0 Å². The van der Waals surface area contributed by atoms with Crippen molar-refractivity contribution < 1.29 is 19.4 Å². The molecule has 0 aliphatic carbocycles. The first-order valence-corrected chi connectivity index (χ1v) is 11.2. The van der Waals surface area contributed by atoms with E-state index >= 15 is 0 Å². The van der Waals surface area contributed by atoms with Crippen LogP contribution < -0.4 is 4.74 Å². The molecule has 1 atom stereocenters. The number of para-hydroxylation sites is 1. The lowest BCUT2D eigenvalue weighted by atomic mass is 9.92. The Labute approximate surface area is 190 Å². The summed E-state index contributed by atoms with van der Waals surface area (Å²) in [5, 5.41) is 10.8. The zero-order chi connectivity index (χ0) is 23.1. The molecule has 1 heterocycles. The van der Waals surface area contributed by atoms with Gasteiger partial charge in [-0.25, -0.2) is 0 Å². The number of rotatable bonds is 11. The maximum absolute atomic E-state index is 13.3. The molecule has 1 aliphatic heterocycles. The van der Waals surface area contributed by atoms with Gasteiger partial charge in [0.2, 0.25) is 0 Å². The number of hydrogen-bond acceptors (Lipinski definition) is 5. The first kappa shape index (κ1) is 23.5. The molecule has 1 amide bonds. The molecule has 0 bridgehead atoms. The number of nitrogens with zero attached hydrogens (tertiary/aromatic N) is 2. The summed E-state index contributed by atoms with van der Waals surface area (Å²) < 4.78 is 5.54. The fourth-order valence-corrected chi connectivity index (χ4v) is 4.21. The summed E-state index contributed by atoms with van der Waals surface area (Å²) in [6.07, 6.45) is 0.759. The molecule has 0 saturated heterocycles. The Bertz CT molecular complexity index is 967. The molecular weight excluding hydrogens is 404 g/mol. The number of ether oxygens (including phenoxy) is 1. The summed E-state index contributed by atoms with van der Waals surface area (Å²) in [5.74, 6) is -0.586. The monoisotopic (exact) mass is 436 g/mol. The van der Waals surface area contributed by atoms with E-state index in [1.54, 1.807) is 12.0 Å². The fourth-order valence-electron chi connectivity index (χ4n) is 4.21. The molecule has 1 N–H and O–H groups in total. The van der Waals surface area contributed by atoms with Gasteiger partial charge in [-0.05, 0) is 31.1 Å². The van der Waals surface area contributed by atoms with Crippen LogP contribution in [0.2, 0.25) is 0 Å². The van der Waals surface area contributed by atoms with Crippen molar-refractivity contribution in [3.63, 3.8) is 0 Å². The minimum Gasteiger partial charge on any atom is -0.503 e. The van der Waals surface area contributed by atoms with E-state index in [1.165, 1.54) is 0 Å². The highest BCUT2D eigenvalue weighted by Crippen LogP contribution is 2.41. The van der Waals surface area contributed by atoms with Crippen molar-refractivity contribution in [3.05, 3.63) is 77.1 Å². The normalized spacial score (nSPS) is 16.2. The van der Waals surface area contributed by atoms with E-state index in [1.807, 2.05) is 54.6 Å². The largest absolute Gasteiger partial charge is 0.503 e. The Morgan fingerprint density at radius 1 is 1.06 bits per heavy atom. The molecule has 6 nitrogen and oxygen atoms in total. The highest BCUT2D eigenvalue weighted by Gasteiger charge is 2.44. The second-order valence-electron chi connectivity index (χ2n) is 7.84. The highest BCUT2D eigenvalue weighted by molar-refractivity contribution is 6.09. The van der Waals surface area contributed by atoms with Crippen LogP contribution in [0.1, 0.15) is 37.4 Å². The predicted molar refractivity (Wildman–Crippen MR) is 125 cm³/mol. The number of methoxy groups -OCH3 is 1. The highest BCUT2D eigenvalue weighted by atomic mass is 16.5. The van der Waals surface area contributed by atoms with E-state index in [2.05, 4.69) is 18.7 Å². The minimum absolute atomic E-state index is 0.162. The number of likely N-dealkylation sites (N-methyl/N-ethyl adjacent to an activating group) is 1. The third-order valence-corrected chi connectivity index (χ3v) is 6.07. The summed E-state index contributed by atoms with van der Waals surface area (Å²) in [6, 6.07) is 16.4. The molecular formula is C26H32N2O4. The number of carbonyl (C=O) groups excluding carboxylic acids is 2. The van der Waals surface area contributed by atoms with Crippen LogP contribution in [0.4, 0.5) is 0 Å². The number of aliphatic hydroxyl groups excluding tert-OH is 1. The maximum atomic E-state index is 13.3. The van der Waals surface area contributed by atoms with Gasteiger partial charge in [0, 0.05) is 25.1 Å². The first-order chi connectivity index (χ1) is 15.5. The lowest BCUT2D eigenvalue weighted by molar-refractivity contribution is -0.129. The summed E-state index contributed by atoms with van der Waals surface area (Å²) in [7, 11) is 1.57. The molecule has 0 saturated carbocycles. The van der Waals surface area contributed by atoms with Gasteiger partial charge in [-0.2, -0.15) is 0 Å². The van der Waals surface area contributed by atoms with Crippen LogP contribution in [-0.2, 0) is 16.0 Å². The number of carbonyl (C=O) groups is 2. The first-order valence-electron chi connectivity index (χ1n) is 11.2. The van der Waals surface area contributed by atoms with Crippen LogP contribution in [0.15, 0.2) is 65.9 Å². The Balaban J connectivity index is 1.93. The molecule has 1 unspecified atom stereocenters. The summed E-state index contributed by atoms with van der Waals surface area (Å²) >= 11 is 0. The Morgan fingerprint density at radius 2 is 1.72 bits per heavy atom. The molecule has 3 rings (SSSR count). The molecule has 6 heteroatoms. The summed E-state index contributed by atoms with van der Waals surface area (Å²) in [5.41, 5.74) is 1.91. The quantitative estimate of drug-likeness (QED) is 0.578. The molecule has 170 valence electrons. The maximum Gasteiger partial charge on any atom is 0.290 e. The van der Waals surface area contributed by atoms with Crippen molar-refractivity contribution in [2.75, 3.05) is 33.3 Å². The van der Waals surface area contributed by atoms with E-state index in [4.69, 9.17) is 4.74 Å². The number of benzene rings is 2. The van der Waals surface area contributed by atoms with E-state index in [-0.39, 0.29) is 17.8 Å². The molecule has 2 aromatic rings. The van der Waals surface area contributed by atoms with Crippen LogP contribution in [0.3, 0.4) is 0 Å². The third-order valence-electron chi connectivity index (χ3n) is 6.07. The number of ketones is 1. The molecule has 0 radical (unpaired) electrons. The molecule has 1 aliphatic rings. The number of hydrogen-bond donors (Lipinski definition) is 1. The van der Waals surface area contributed by atoms with Gasteiger partial charge in [0.15, 0.2) is 11.5 Å². The summed E-state index contributed by atoms with van der Waals surface area (Å²) in [6.45, 7) is 6.93. The second kappa shape index (κ2) is 11.0. The number of amides is 1. The average molecular weight is 437 g/mol. The van der Waals surface area contributed by atoms with E-state index in [0.717, 1.165) is 18.7 Å². The number of Topliss-reactive ketones (excluding diaryl/α,β-unsaturated/α-hetero) is 1. The molecule has 0 aromatic heterocycles. The van der Waals surface area contributed by atoms with Crippen molar-refractivity contribution in [2.45, 2.75) is 32.7 Å². The Hall–Kier alpha value is -3.12. The van der Waals surface area contributed by atoms with Crippen molar-refractivity contribution in [1.82, 2.24) is 9.80 Å². The number of aryl methyl sites for hydroxylation is 1. The zero-order valence-corrected chi connectivity index (χ0v) is 19.1. The standard InChI is InChI=1S/C26H32N2O4/c1-4-27(5-2)17-18-28-24(20-13-9-10-14-22(20)32-3)23(25(30)26(28)31)21(29)16-15-19-11-7-6-8-12-19/h6-14,24,30H,4-5,15-18H2,1-3H3. The molecule has 32 heavy (non-hydrogen) atoms. The molecule has 0 fully saturated rings.